The minimum atomic E-state index is -1.23. The number of benzene rings is 1. The molecule has 0 atom stereocenters. The van der Waals surface area contributed by atoms with Gasteiger partial charge < -0.3 is 10.3 Å². The molecule has 88 valence electrons. The van der Waals surface area contributed by atoms with Crippen LogP contribution in [0.3, 0.4) is 0 Å². The molecular formula is C10H20Cl2N2Si. The third kappa shape index (κ3) is 4.78. The first-order chi connectivity index (χ1) is 5.91. The molecule has 0 aromatic heterocycles. The summed E-state index contributed by atoms with van der Waals surface area (Å²) >= 11 is 0. The van der Waals surface area contributed by atoms with Gasteiger partial charge in [-0.25, -0.2) is 0 Å². The normalized spacial score (nSPS) is 9.87. The van der Waals surface area contributed by atoms with E-state index in [4.69, 9.17) is 5.73 Å². The number of hydrogen-bond donors (Lipinski definition) is 1. The van der Waals surface area contributed by atoms with Crippen molar-refractivity contribution in [2.75, 3.05) is 17.3 Å². The third-order valence-corrected chi connectivity index (χ3v) is 4.56. The van der Waals surface area contributed by atoms with E-state index < -0.39 is 8.24 Å². The highest BCUT2D eigenvalue weighted by Crippen LogP contribution is 2.20. The van der Waals surface area contributed by atoms with Crippen molar-refractivity contribution < 1.29 is 0 Å². The van der Waals surface area contributed by atoms with Crippen molar-refractivity contribution in [3.63, 3.8) is 0 Å². The molecule has 0 saturated carbocycles. The molecule has 1 rings (SSSR count). The van der Waals surface area contributed by atoms with Crippen LogP contribution in [0.1, 0.15) is 0 Å². The second-order valence-electron chi connectivity index (χ2n) is 4.32. The summed E-state index contributed by atoms with van der Waals surface area (Å²) in [7, 11) is 0.924. The summed E-state index contributed by atoms with van der Waals surface area (Å²) in [6.45, 7) is 6.97. The summed E-state index contributed by atoms with van der Waals surface area (Å²) < 4.78 is 2.37. The van der Waals surface area contributed by atoms with Gasteiger partial charge in [0.2, 0.25) is 0 Å². The van der Waals surface area contributed by atoms with Crippen LogP contribution in [0.15, 0.2) is 24.3 Å². The Balaban J connectivity index is 0. The van der Waals surface area contributed by atoms with Crippen molar-refractivity contribution in [2.24, 2.45) is 0 Å². The molecule has 0 aliphatic heterocycles. The Kier molecular flexibility index (Phi) is 7.10. The monoisotopic (exact) mass is 266 g/mol. The molecule has 0 heterocycles. The van der Waals surface area contributed by atoms with Gasteiger partial charge in [0.05, 0.1) is 0 Å². The van der Waals surface area contributed by atoms with Gasteiger partial charge in [-0.3, -0.25) is 0 Å². The lowest BCUT2D eigenvalue weighted by Crippen LogP contribution is -2.43. The lowest BCUT2D eigenvalue weighted by molar-refractivity contribution is 1.25. The zero-order valence-electron chi connectivity index (χ0n) is 9.65. The maximum absolute atomic E-state index is 5.63. The molecule has 5 heteroatoms. The van der Waals surface area contributed by atoms with E-state index >= 15 is 0 Å². The zero-order valence-corrected chi connectivity index (χ0v) is 12.3. The van der Waals surface area contributed by atoms with E-state index in [2.05, 4.69) is 43.4 Å². The van der Waals surface area contributed by atoms with Gasteiger partial charge in [0.1, 0.15) is 8.24 Å². The lowest BCUT2D eigenvalue weighted by atomic mass is 10.3. The highest BCUT2D eigenvalue weighted by atomic mass is 35.5. The van der Waals surface area contributed by atoms with Crippen LogP contribution in [0.25, 0.3) is 0 Å². The first-order valence-corrected chi connectivity index (χ1v) is 7.95. The third-order valence-electron chi connectivity index (χ3n) is 2.29. The van der Waals surface area contributed by atoms with Gasteiger partial charge in [0.15, 0.2) is 0 Å². The summed E-state index contributed by atoms with van der Waals surface area (Å²) in [5.74, 6) is 0. The van der Waals surface area contributed by atoms with E-state index in [1.807, 2.05) is 12.1 Å². The fraction of sp³-hybridized carbons (Fsp3) is 0.400. The van der Waals surface area contributed by atoms with E-state index in [0.717, 1.165) is 5.69 Å². The Morgan fingerprint density at radius 1 is 1.00 bits per heavy atom. The van der Waals surface area contributed by atoms with Gasteiger partial charge in [0, 0.05) is 11.4 Å². The average Bonchev–Trinajstić information content (AvgIpc) is 2.03. The lowest BCUT2D eigenvalue weighted by Gasteiger charge is -2.32. The van der Waals surface area contributed by atoms with Gasteiger partial charge in [-0.15, -0.1) is 24.8 Å². The molecule has 2 nitrogen and oxygen atoms in total. The number of nitrogen functional groups attached to an aromatic ring is 1. The number of hydrogen-bond acceptors (Lipinski definition) is 2. The Morgan fingerprint density at radius 2 is 1.40 bits per heavy atom. The predicted molar refractivity (Wildman–Crippen MR) is 77.1 cm³/mol. The van der Waals surface area contributed by atoms with Gasteiger partial charge in [-0.1, -0.05) is 19.6 Å². The number of anilines is 2. The summed E-state index contributed by atoms with van der Waals surface area (Å²) in [6.07, 6.45) is 0. The van der Waals surface area contributed by atoms with Crippen molar-refractivity contribution in [1.29, 1.82) is 0 Å². The minimum Gasteiger partial charge on any atom is -0.401 e. The van der Waals surface area contributed by atoms with E-state index in [1.54, 1.807) is 0 Å². The first-order valence-electron chi connectivity index (χ1n) is 4.50. The summed E-state index contributed by atoms with van der Waals surface area (Å²) in [4.78, 5) is 0. The van der Waals surface area contributed by atoms with E-state index in [0.29, 0.717) is 0 Å². The Bertz CT molecular complexity index is 282. The highest BCUT2D eigenvalue weighted by Gasteiger charge is 2.19. The molecule has 0 spiro atoms. The van der Waals surface area contributed by atoms with Crippen LogP contribution < -0.4 is 10.3 Å². The van der Waals surface area contributed by atoms with Crippen LogP contribution in [-0.4, -0.2) is 15.3 Å². The molecule has 0 fully saturated rings. The number of rotatable bonds is 2. The van der Waals surface area contributed by atoms with Gasteiger partial charge >= 0.3 is 0 Å². The fourth-order valence-electron chi connectivity index (χ4n) is 1.09. The molecule has 1 aromatic rings. The number of halogens is 2. The molecular weight excluding hydrogens is 247 g/mol. The number of nitrogens with zero attached hydrogens (tertiary/aromatic N) is 1. The molecule has 1 aromatic carbocycles. The van der Waals surface area contributed by atoms with Crippen LogP contribution in [0.2, 0.25) is 19.6 Å². The molecule has 0 bridgehead atoms. The topological polar surface area (TPSA) is 29.3 Å². The summed E-state index contributed by atoms with van der Waals surface area (Å²) in [5, 5.41) is 0. The van der Waals surface area contributed by atoms with Gasteiger partial charge in [0.25, 0.3) is 0 Å². The van der Waals surface area contributed by atoms with Crippen LogP contribution in [0.4, 0.5) is 11.4 Å². The average molecular weight is 267 g/mol. The van der Waals surface area contributed by atoms with Crippen LogP contribution in [0, 0.1) is 0 Å². The molecule has 2 N–H and O–H groups in total. The molecule has 0 amide bonds. The summed E-state index contributed by atoms with van der Waals surface area (Å²) in [6, 6.07) is 8.05. The van der Waals surface area contributed by atoms with E-state index in [-0.39, 0.29) is 24.8 Å². The predicted octanol–water partition coefficient (Wildman–Crippen LogP) is 3.38. The second-order valence-corrected chi connectivity index (χ2v) is 9.33. The standard InChI is InChI=1S/C10H18N2Si.2ClH/c1-12(13(2,3)4)10-7-5-9(11)6-8-10;;/h5-8H,11H2,1-4H3;2*1H. The largest absolute Gasteiger partial charge is 0.401 e. The Morgan fingerprint density at radius 3 is 1.73 bits per heavy atom. The fourth-order valence-corrected chi connectivity index (χ4v) is 2.01. The second kappa shape index (κ2) is 6.25. The van der Waals surface area contributed by atoms with Crippen molar-refractivity contribution in [1.82, 2.24) is 0 Å². The SMILES string of the molecule is CN(c1ccc(N)cc1)[Si](C)(C)C.Cl.Cl. The van der Waals surface area contributed by atoms with Crippen LogP contribution >= 0.6 is 24.8 Å². The van der Waals surface area contributed by atoms with Gasteiger partial charge in [-0.05, 0) is 31.3 Å². The molecule has 0 radical (unpaired) electrons. The Labute approximate surface area is 106 Å². The molecule has 0 aliphatic rings. The maximum atomic E-state index is 5.63. The quantitative estimate of drug-likeness (QED) is 0.657. The zero-order chi connectivity index (χ0) is 10.1. The highest BCUT2D eigenvalue weighted by molar-refractivity contribution is 6.79. The molecule has 0 unspecified atom stereocenters. The van der Waals surface area contributed by atoms with Crippen LogP contribution in [0.5, 0.6) is 0 Å². The first kappa shape index (κ1) is 17.0. The van der Waals surface area contributed by atoms with Gasteiger partial charge in [-0.2, -0.15) is 0 Å². The molecule has 15 heavy (non-hydrogen) atoms. The molecule has 0 aliphatic carbocycles. The molecule has 0 saturated heterocycles. The smallest absolute Gasteiger partial charge is 0.147 e. The maximum Gasteiger partial charge on any atom is 0.147 e. The van der Waals surface area contributed by atoms with E-state index in [1.165, 1.54) is 5.69 Å². The van der Waals surface area contributed by atoms with E-state index in [9.17, 15) is 0 Å². The minimum absolute atomic E-state index is 0. The van der Waals surface area contributed by atoms with Crippen molar-refractivity contribution in [3.05, 3.63) is 24.3 Å². The summed E-state index contributed by atoms with van der Waals surface area (Å²) in [5.41, 5.74) is 7.71. The Hall–Kier alpha value is -0.383. The van der Waals surface area contributed by atoms with Crippen molar-refractivity contribution in [2.45, 2.75) is 19.6 Å². The van der Waals surface area contributed by atoms with Crippen LogP contribution in [-0.2, 0) is 0 Å². The van der Waals surface area contributed by atoms with Crippen molar-refractivity contribution >= 4 is 44.4 Å². The van der Waals surface area contributed by atoms with Crippen molar-refractivity contribution in [3.8, 4) is 0 Å². The number of nitrogens with two attached hydrogens (primary N) is 1.